The number of fused-ring (bicyclic) bond motifs is 2. The Kier molecular flexibility index (Phi) is 5.95. The van der Waals surface area contributed by atoms with Crippen molar-refractivity contribution >= 4 is 22.8 Å². The first-order valence-electron chi connectivity index (χ1n) is 12.7. The van der Waals surface area contributed by atoms with E-state index in [4.69, 9.17) is 29.9 Å². The van der Waals surface area contributed by atoms with Crippen LogP contribution in [0.4, 0.5) is 11.4 Å². The Morgan fingerprint density at radius 3 is 1.23 bits per heavy atom. The Morgan fingerprint density at radius 1 is 0.375 bits per heavy atom. The molecule has 0 aliphatic carbocycles. The second-order valence-electron chi connectivity index (χ2n) is 9.00. The van der Waals surface area contributed by atoms with Crippen molar-refractivity contribution in [3.05, 3.63) is 145 Å². The van der Waals surface area contributed by atoms with Crippen molar-refractivity contribution in [2.24, 2.45) is 9.98 Å². The van der Waals surface area contributed by atoms with Gasteiger partial charge >= 0.3 is 0 Å². The Balaban J connectivity index is 1.34. The molecule has 0 fully saturated rings. The van der Waals surface area contributed by atoms with Gasteiger partial charge in [0.2, 0.25) is 0 Å². The average Bonchev–Trinajstić information content (AvgIpc) is 3.03. The number of hydrogen-bond donors (Lipinski definition) is 0. The summed E-state index contributed by atoms with van der Waals surface area (Å²) in [6.45, 7) is 0. The van der Waals surface area contributed by atoms with Crippen LogP contribution < -0.4 is 0 Å². The molecule has 6 aromatic heterocycles. The van der Waals surface area contributed by atoms with E-state index in [0.717, 1.165) is 33.6 Å². The molecule has 0 unspecified atom stereocenters. The van der Waals surface area contributed by atoms with E-state index in [0.29, 0.717) is 34.2 Å². The van der Waals surface area contributed by atoms with Gasteiger partial charge in [-0.1, -0.05) is 0 Å². The zero-order chi connectivity index (χ0) is 26.7. The van der Waals surface area contributed by atoms with E-state index in [1.165, 1.54) is 0 Å². The molecule has 0 radical (unpaired) electrons. The van der Waals surface area contributed by atoms with Crippen LogP contribution in [0.3, 0.4) is 0 Å². The lowest BCUT2D eigenvalue weighted by Crippen LogP contribution is -2.13. The van der Waals surface area contributed by atoms with Crippen LogP contribution in [0.25, 0.3) is 22.5 Å². The maximum Gasteiger partial charge on any atom is 0.115 e. The topological polar surface area (TPSA) is 102 Å². The zero-order valence-electron chi connectivity index (χ0n) is 21.1. The van der Waals surface area contributed by atoms with Crippen LogP contribution in [-0.2, 0) is 0 Å². The number of nitrogens with zero attached hydrogens (tertiary/aromatic N) is 8. The quantitative estimate of drug-likeness (QED) is 0.283. The molecule has 0 atom stereocenters. The maximum absolute atomic E-state index is 5.09. The van der Waals surface area contributed by atoms with E-state index >= 15 is 0 Å². The van der Waals surface area contributed by atoms with E-state index in [9.17, 15) is 0 Å². The summed E-state index contributed by atoms with van der Waals surface area (Å²) in [5.74, 6) is 0. The van der Waals surface area contributed by atoms with Gasteiger partial charge in [-0.15, -0.1) is 0 Å². The van der Waals surface area contributed by atoms with Gasteiger partial charge in [-0.25, -0.2) is 9.98 Å². The number of aromatic nitrogens is 6. The molecule has 1 aliphatic rings. The van der Waals surface area contributed by atoms with E-state index < -0.39 is 0 Å². The van der Waals surface area contributed by atoms with Crippen LogP contribution in [0, 0.1) is 0 Å². The Bertz CT molecular complexity index is 1720. The maximum atomic E-state index is 5.09. The standard InChI is InChI=1S/C32H20N8/c1-3-27-31(35-13-1)29(23-5-7-25(37-19-23)21-9-15-33-16-10-21)40-28-4-2-14-36-32(28)30(39-27)24-6-8-26(38-20-24)22-11-17-34-18-12-22/h1-20H/b31-29?,32-30?,39-27?,39-30-,40-28?,40-29-. The van der Waals surface area contributed by atoms with Crippen molar-refractivity contribution in [1.82, 2.24) is 29.9 Å². The number of aliphatic imine (C=N–C) groups is 2. The summed E-state index contributed by atoms with van der Waals surface area (Å²) in [4.78, 5) is 37.2. The van der Waals surface area contributed by atoms with Crippen molar-refractivity contribution in [2.75, 3.05) is 0 Å². The molecule has 0 amide bonds. The van der Waals surface area contributed by atoms with Gasteiger partial charge in [-0.2, -0.15) is 0 Å². The highest BCUT2D eigenvalue weighted by molar-refractivity contribution is 6.21. The Morgan fingerprint density at radius 2 is 0.825 bits per heavy atom. The summed E-state index contributed by atoms with van der Waals surface area (Å²) in [6.07, 6.45) is 14.2. The highest BCUT2D eigenvalue weighted by Crippen LogP contribution is 2.31. The summed E-state index contributed by atoms with van der Waals surface area (Å²) < 4.78 is 0. The Hall–Kier alpha value is -5.76. The second-order valence-corrected chi connectivity index (χ2v) is 9.00. The predicted octanol–water partition coefficient (Wildman–Crippen LogP) is 6.04. The lowest BCUT2D eigenvalue weighted by Gasteiger charge is -2.16. The van der Waals surface area contributed by atoms with Crippen molar-refractivity contribution < 1.29 is 0 Å². The molecule has 188 valence electrons. The minimum absolute atomic E-state index is 0.661. The van der Waals surface area contributed by atoms with E-state index in [1.54, 1.807) is 37.2 Å². The molecule has 8 nitrogen and oxygen atoms in total. The molecule has 0 bridgehead atoms. The fraction of sp³-hybridized carbons (Fsp3) is 0. The van der Waals surface area contributed by atoms with Crippen LogP contribution >= 0.6 is 0 Å². The molecule has 0 N–H and O–H groups in total. The Labute approximate surface area is 230 Å². The summed E-state index contributed by atoms with van der Waals surface area (Å²) in [5, 5.41) is 0. The first-order valence-corrected chi connectivity index (χ1v) is 12.7. The van der Waals surface area contributed by atoms with Crippen molar-refractivity contribution in [2.45, 2.75) is 0 Å². The smallest absolute Gasteiger partial charge is 0.115 e. The molecule has 0 saturated carbocycles. The monoisotopic (exact) mass is 516 g/mol. The fourth-order valence-corrected chi connectivity index (χ4v) is 4.54. The zero-order valence-corrected chi connectivity index (χ0v) is 21.1. The predicted molar refractivity (Wildman–Crippen MR) is 154 cm³/mol. The number of rotatable bonds is 4. The van der Waals surface area contributed by atoms with Crippen LogP contribution in [0.1, 0.15) is 22.5 Å². The summed E-state index contributed by atoms with van der Waals surface area (Å²) in [5.41, 5.74) is 9.38. The third-order valence-electron chi connectivity index (χ3n) is 6.51. The van der Waals surface area contributed by atoms with E-state index in [2.05, 4.69) is 9.97 Å². The lowest BCUT2D eigenvalue weighted by molar-refractivity contribution is 1.21. The molecule has 8 heteroatoms. The van der Waals surface area contributed by atoms with Crippen LogP contribution in [0.2, 0.25) is 0 Å². The van der Waals surface area contributed by atoms with Gasteiger partial charge in [-0.05, 0) is 72.8 Å². The van der Waals surface area contributed by atoms with Crippen LogP contribution in [0.15, 0.2) is 132 Å². The van der Waals surface area contributed by atoms with Gasteiger partial charge in [0.1, 0.15) is 22.8 Å². The summed E-state index contributed by atoms with van der Waals surface area (Å²) in [6, 6.07) is 23.3. The SMILES string of the molecule is c1cnc2c(c1)/N=C(/c1ccc(-c3ccncc3)nc1)c1ncccc1/N=C\2c1ccc(-c2ccncc2)nc1. The van der Waals surface area contributed by atoms with E-state index in [-0.39, 0.29) is 0 Å². The molecule has 7 heterocycles. The molecule has 7 rings (SSSR count). The minimum Gasteiger partial charge on any atom is -0.265 e. The second kappa shape index (κ2) is 10.2. The molecule has 40 heavy (non-hydrogen) atoms. The molecular weight excluding hydrogens is 496 g/mol. The third-order valence-corrected chi connectivity index (χ3v) is 6.51. The van der Waals surface area contributed by atoms with Gasteiger partial charge in [-0.3, -0.25) is 29.9 Å². The van der Waals surface area contributed by atoms with Crippen LogP contribution in [0.5, 0.6) is 0 Å². The third kappa shape index (κ3) is 4.43. The van der Waals surface area contributed by atoms with E-state index in [1.807, 2.05) is 85.2 Å². The highest BCUT2D eigenvalue weighted by atomic mass is 14.9. The van der Waals surface area contributed by atoms with Gasteiger partial charge in [0.15, 0.2) is 0 Å². The van der Waals surface area contributed by atoms with Crippen molar-refractivity contribution in [1.29, 1.82) is 0 Å². The fourth-order valence-electron chi connectivity index (χ4n) is 4.54. The normalized spacial score (nSPS) is 14.9. The van der Waals surface area contributed by atoms with Crippen molar-refractivity contribution in [3.8, 4) is 22.5 Å². The van der Waals surface area contributed by atoms with Gasteiger partial charge in [0, 0.05) is 71.8 Å². The van der Waals surface area contributed by atoms with Gasteiger partial charge in [0.05, 0.1) is 22.8 Å². The highest BCUT2D eigenvalue weighted by Gasteiger charge is 2.22. The molecule has 6 aromatic rings. The average molecular weight is 517 g/mol. The minimum atomic E-state index is 0.661. The molecule has 0 saturated heterocycles. The van der Waals surface area contributed by atoms with Gasteiger partial charge in [0.25, 0.3) is 0 Å². The summed E-state index contributed by atoms with van der Waals surface area (Å²) in [7, 11) is 0. The summed E-state index contributed by atoms with van der Waals surface area (Å²) >= 11 is 0. The molecule has 0 aromatic carbocycles. The van der Waals surface area contributed by atoms with Crippen molar-refractivity contribution in [3.63, 3.8) is 0 Å². The number of pyridine rings is 6. The molecular formula is C32H20N8. The lowest BCUT2D eigenvalue weighted by atomic mass is 10.0. The first kappa shape index (κ1) is 23.4. The molecule has 0 spiro atoms. The largest absolute Gasteiger partial charge is 0.265 e. The van der Waals surface area contributed by atoms with Crippen LogP contribution in [-0.4, -0.2) is 41.3 Å². The first-order chi connectivity index (χ1) is 19.8. The van der Waals surface area contributed by atoms with Gasteiger partial charge < -0.3 is 0 Å². The molecule has 1 aliphatic heterocycles. The number of hydrogen-bond acceptors (Lipinski definition) is 8.